The van der Waals surface area contributed by atoms with E-state index < -0.39 is 0 Å². The molecule has 0 radical (unpaired) electrons. The first-order chi connectivity index (χ1) is 67.7. The average Bonchev–Trinajstić information content (AvgIpc) is 0.810. The molecule has 0 saturated heterocycles. The lowest BCUT2D eigenvalue weighted by molar-refractivity contribution is 0.867. The summed E-state index contributed by atoms with van der Waals surface area (Å²) in [6.45, 7) is 88.3. The van der Waals surface area contributed by atoms with Gasteiger partial charge < -0.3 is 24.5 Å². The van der Waals surface area contributed by atoms with Crippen LogP contribution in [0.3, 0.4) is 0 Å². The number of para-hydroxylation sites is 2. The Morgan fingerprint density at radius 3 is 0.635 bits per heavy atom. The SMILES string of the molecule is CC.CC.CC.CC.CC.CC.CC.CC.CC.CC.CC.CC.CC.CC.CCN(CC)c1c(-c2ccccc2)cccc1-c1ccccc1.CCN(CC)c1cc(-c2ccccc2)ccc1-c1ccccc1.CCN(CC)c1ccc(-c2ccccc2)cc1-c1ccccc1.CCN(CC)c1cccc(-c2ccccc2)c1-c1ccccc1.CCN(CC)c1ccccc1-c1ccccc1. The average molecular weight is 1850 g/mol. The summed E-state index contributed by atoms with van der Waals surface area (Å²) in [5.41, 5.74) is 29.7. The monoisotopic (exact) mass is 1850 g/mol. The fraction of sp³-hybridized carbons (Fsp3) is 0.364. The molecule has 0 atom stereocenters. The molecule has 14 rings (SSSR count). The molecule has 5 nitrogen and oxygen atoms in total. The first-order valence-electron chi connectivity index (χ1n) is 53.6. The van der Waals surface area contributed by atoms with Gasteiger partial charge in [0.25, 0.3) is 0 Å². The second-order valence-electron chi connectivity index (χ2n) is 26.5. The van der Waals surface area contributed by atoms with Crippen molar-refractivity contribution in [2.24, 2.45) is 0 Å². The number of rotatable bonds is 24. The molecule has 0 fully saturated rings. The van der Waals surface area contributed by atoms with Crippen molar-refractivity contribution in [1.82, 2.24) is 0 Å². The molecule has 0 aliphatic rings. The summed E-state index contributed by atoms with van der Waals surface area (Å²) in [6.07, 6.45) is 0. The molecule has 0 heterocycles. The maximum Gasteiger partial charge on any atom is 0.0525 e. The number of hydrogen-bond donors (Lipinski definition) is 0. The highest BCUT2D eigenvalue weighted by molar-refractivity contribution is 5.94. The number of nitrogens with zero attached hydrogens (tertiary/aromatic N) is 5. The summed E-state index contributed by atoms with van der Waals surface area (Å²) in [7, 11) is 0. The van der Waals surface area contributed by atoms with Crippen molar-refractivity contribution >= 4 is 28.4 Å². The van der Waals surface area contributed by atoms with Crippen LogP contribution in [-0.4, -0.2) is 65.4 Å². The standard InChI is InChI=1S/4C22H23N.C16H19N.14C2H6/c1-3-23(4-2)21-17-11-16-20(18-12-7-5-8-13-18)22(21)19-14-9-6-10-15-19;1-3-23(4-2)22-20(18-12-7-5-8-13-18)16-11-17-21(22)19-14-9-6-10-15-19;1-3-23(4-2)22-16-15-20(18-11-7-5-8-12-18)17-21(22)19-13-9-6-10-14-19;1-3-23(4-2)22-17-20(18-11-7-5-8-12-18)15-16-21(22)19-13-9-6-10-14-19;1-3-17(4-2)16-13-9-8-12-15(16)14-10-6-5-7-11-14;14*1-2/h4*5-17H,3-4H2,1-2H3;5-13H,3-4H2,1-2H3;14*1-2H3. The molecular formula is C132H195N5. The van der Waals surface area contributed by atoms with Crippen LogP contribution in [0.1, 0.15) is 263 Å². The van der Waals surface area contributed by atoms with E-state index in [-0.39, 0.29) is 0 Å². The van der Waals surface area contributed by atoms with Crippen LogP contribution in [0.5, 0.6) is 0 Å². The van der Waals surface area contributed by atoms with Crippen molar-refractivity contribution in [1.29, 1.82) is 0 Å². The first kappa shape index (κ1) is 134. The maximum absolute atomic E-state index is 2.45. The van der Waals surface area contributed by atoms with Gasteiger partial charge in [0.2, 0.25) is 0 Å². The van der Waals surface area contributed by atoms with Gasteiger partial charge in [-0.2, -0.15) is 0 Å². The second kappa shape index (κ2) is 91.8. The van der Waals surface area contributed by atoms with Gasteiger partial charge in [-0.1, -0.05) is 534 Å². The third kappa shape index (κ3) is 45.7. The quantitative estimate of drug-likeness (QED) is 0.0598. The van der Waals surface area contributed by atoms with E-state index >= 15 is 0 Å². The van der Waals surface area contributed by atoms with Crippen molar-refractivity contribution < 1.29 is 0 Å². The zero-order chi connectivity index (χ0) is 104. The van der Waals surface area contributed by atoms with Gasteiger partial charge >= 0.3 is 0 Å². The second-order valence-corrected chi connectivity index (χ2v) is 26.5. The van der Waals surface area contributed by atoms with Gasteiger partial charge in [-0.15, -0.1) is 0 Å². The maximum atomic E-state index is 2.45. The molecule has 14 aromatic rings. The van der Waals surface area contributed by atoms with Crippen LogP contribution < -0.4 is 24.5 Å². The number of benzene rings is 14. The van der Waals surface area contributed by atoms with E-state index in [0.29, 0.717) is 0 Å². The lowest BCUT2D eigenvalue weighted by Crippen LogP contribution is -2.23. The predicted octanol–water partition coefficient (Wildman–Crippen LogP) is 42.0. The molecule has 137 heavy (non-hydrogen) atoms. The molecule has 0 unspecified atom stereocenters. The van der Waals surface area contributed by atoms with Crippen LogP contribution in [0.15, 0.2) is 370 Å². The van der Waals surface area contributed by atoms with Crippen LogP contribution in [0.25, 0.3) is 100 Å². The minimum atomic E-state index is 1.00. The minimum Gasteiger partial charge on any atom is -0.372 e. The van der Waals surface area contributed by atoms with E-state index in [0.717, 1.165) is 65.4 Å². The molecule has 748 valence electrons. The Morgan fingerprint density at radius 1 is 0.124 bits per heavy atom. The predicted molar refractivity (Wildman–Crippen MR) is 638 cm³/mol. The highest BCUT2D eigenvalue weighted by Gasteiger charge is 2.20. The van der Waals surface area contributed by atoms with Gasteiger partial charge in [-0.05, 0) is 166 Å². The highest BCUT2D eigenvalue weighted by Crippen LogP contribution is 2.43. The van der Waals surface area contributed by atoms with Crippen LogP contribution in [-0.2, 0) is 0 Å². The van der Waals surface area contributed by atoms with Gasteiger partial charge in [0.1, 0.15) is 0 Å². The Kier molecular flexibility index (Phi) is 89.5. The Balaban J connectivity index is -0.000000498. The summed E-state index contributed by atoms with van der Waals surface area (Å²) in [4.78, 5) is 12.1. The van der Waals surface area contributed by atoms with Crippen molar-refractivity contribution in [2.45, 2.75) is 263 Å². The van der Waals surface area contributed by atoms with Crippen LogP contribution >= 0.6 is 0 Å². The van der Waals surface area contributed by atoms with Crippen molar-refractivity contribution in [3.63, 3.8) is 0 Å². The molecule has 5 heteroatoms. The molecule has 0 aliphatic heterocycles. The molecule has 14 aromatic carbocycles. The molecule has 0 aromatic heterocycles. The molecule has 0 bridgehead atoms. The molecule has 0 spiro atoms. The van der Waals surface area contributed by atoms with Gasteiger partial charge in [0.05, 0.1) is 5.69 Å². The molecule has 0 aliphatic carbocycles. The molecular weight excluding hydrogens is 1660 g/mol. The van der Waals surface area contributed by atoms with Gasteiger partial charge in [0, 0.05) is 122 Å². The van der Waals surface area contributed by atoms with E-state index in [9.17, 15) is 0 Å². The van der Waals surface area contributed by atoms with Gasteiger partial charge in [-0.3, -0.25) is 0 Å². The van der Waals surface area contributed by atoms with E-state index in [1.165, 1.54) is 129 Å². The van der Waals surface area contributed by atoms with E-state index in [2.05, 4.69) is 464 Å². The topological polar surface area (TPSA) is 16.2 Å². The Labute approximate surface area is 846 Å². The van der Waals surface area contributed by atoms with Gasteiger partial charge in [-0.25, -0.2) is 0 Å². The number of hydrogen-bond acceptors (Lipinski definition) is 5. The highest BCUT2D eigenvalue weighted by atomic mass is 15.1. The summed E-state index contributed by atoms with van der Waals surface area (Å²) in [5, 5.41) is 0. The van der Waals surface area contributed by atoms with Crippen molar-refractivity contribution in [3.8, 4) is 100 Å². The summed E-state index contributed by atoms with van der Waals surface area (Å²) in [5.74, 6) is 0. The Morgan fingerprint density at radius 2 is 0.321 bits per heavy atom. The molecule has 0 amide bonds. The number of anilines is 5. The largest absolute Gasteiger partial charge is 0.372 e. The zero-order valence-electron chi connectivity index (χ0n) is 94.0. The van der Waals surface area contributed by atoms with Crippen LogP contribution in [0, 0.1) is 0 Å². The normalized spacial score (nSPS) is 8.95. The van der Waals surface area contributed by atoms with Crippen LogP contribution in [0.2, 0.25) is 0 Å². The van der Waals surface area contributed by atoms with Crippen molar-refractivity contribution in [2.75, 3.05) is 89.9 Å². The summed E-state index contributed by atoms with van der Waals surface area (Å²) < 4.78 is 0. The van der Waals surface area contributed by atoms with E-state index in [1.807, 2.05) is 194 Å². The van der Waals surface area contributed by atoms with Gasteiger partial charge in [0.15, 0.2) is 0 Å². The third-order valence-electron chi connectivity index (χ3n) is 20.3. The van der Waals surface area contributed by atoms with Crippen molar-refractivity contribution in [3.05, 3.63) is 370 Å². The fourth-order valence-corrected chi connectivity index (χ4v) is 14.5. The lowest BCUT2D eigenvalue weighted by atomic mass is 9.92. The summed E-state index contributed by atoms with van der Waals surface area (Å²) in [6, 6.07) is 131. The Hall–Kier alpha value is -11.9. The van der Waals surface area contributed by atoms with E-state index in [4.69, 9.17) is 0 Å². The first-order valence-corrected chi connectivity index (χ1v) is 53.6. The third-order valence-corrected chi connectivity index (χ3v) is 20.3. The zero-order valence-corrected chi connectivity index (χ0v) is 94.0. The molecule has 0 N–H and O–H groups in total. The smallest absolute Gasteiger partial charge is 0.0525 e. The van der Waals surface area contributed by atoms with E-state index in [1.54, 1.807) is 0 Å². The summed E-state index contributed by atoms with van der Waals surface area (Å²) >= 11 is 0. The Bertz CT molecular complexity index is 4770. The van der Waals surface area contributed by atoms with Crippen LogP contribution in [0.4, 0.5) is 28.4 Å². The lowest BCUT2D eigenvalue weighted by Gasteiger charge is -2.27. The minimum absolute atomic E-state index is 1.00. The fourth-order valence-electron chi connectivity index (χ4n) is 14.5. The molecule has 0 saturated carbocycles.